The second-order valence-corrected chi connectivity index (χ2v) is 14.3. The number of unbranched alkanes of at least 4 members (excludes halogenated alkanes) is 8. The first-order chi connectivity index (χ1) is 26.9. The first-order valence-corrected chi connectivity index (χ1v) is 20.0. The van der Waals surface area contributed by atoms with Crippen LogP contribution in [0.2, 0.25) is 0 Å². The molecule has 1 heterocycles. The standard InChI is InChI=1S/C41H63N7O8/c1-4-5-6-7-8-9-10-11-12-13-36(49)46-32(18-19-42)40(52)48(3)37-29-15-17-35(56-23-21-44)31(26-29)30-24-28(14-16-34(30)55-22-20-43)25-33(41(53)54)47-38(50)27(2)45-39(37)51/h14-17,24,26-27,32-33,37H,4-13,18-23,25,42-44H2,1-3H3,(H,45,51)(H,46,49)(H,47,50)(H,53,54)/t27-,32-,33-,37-/m0/s1. The summed E-state index contributed by atoms with van der Waals surface area (Å²) in [5, 5.41) is 18.1. The van der Waals surface area contributed by atoms with Crippen LogP contribution in [0.5, 0.6) is 11.5 Å². The van der Waals surface area contributed by atoms with Crippen LogP contribution in [0.25, 0.3) is 11.1 Å². The molecule has 0 radical (unpaired) electrons. The number of hydrogen-bond acceptors (Lipinski definition) is 10. The average molecular weight is 782 g/mol. The predicted molar refractivity (Wildman–Crippen MR) is 215 cm³/mol. The van der Waals surface area contributed by atoms with Gasteiger partial charge in [-0.15, -0.1) is 0 Å². The Bertz CT molecular complexity index is 1610. The highest BCUT2D eigenvalue weighted by atomic mass is 16.5. The van der Waals surface area contributed by atoms with E-state index in [1.807, 2.05) is 0 Å². The maximum absolute atomic E-state index is 14.3. The lowest BCUT2D eigenvalue weighted by Crippen LogP contribution is -2.55. The molecule has 0 aromatic heterocycles. The smallest absolute Gasteiger partial charge is 0.326 e. The van der Waals surface area contributed by atoms with Crippen LogP contribution in [-0.2, 0) is 30.4 Å². The van der Waals surface area contributed by atoms with Gasteiger partial charge in [0.1, 0.15) is 48.9 Å². The zero-order chi connectivity index (χ0) is 41.0. The molecule has 2 aromatic carbocycles. The van der Waals surface area contributed by atoms with Crippen molar-refractivity contribution in [2.24, 2.45) is 17.2 Å². The molecule has 0 saturated carbocycles. The molecule has 4 bridgehead atoms. The molecule has 10 N–H and O–H groups in total. The van der Waals surface area contributed by atoms with Crippen molar-refractivity contribution in [3.05, 3.63) is 47.5 Å². The van der Waals surface area contributed by atoms with Crippen molar-refractivity contribution in [2.45, 2.75) is 115 Å². The summed E-state index contributed by atoms with van der Waals surface area (Å²) in [7, 11) is 1.45. The van der Waals surface area contributed by atoms with Gasteiger partial charge in [0.25, 0.3) is 0 Å². The number of carbonyl (C=O) groups is 5. The largest absolute Gasteiger partial charge is 0.492 e. The minimum Gasteiger partial charge on any atom is -0.492 e. The van der Waals surface area contributed by atoms with Crippen LogP contribution in [-0.4, -0.2) is 97.6 Å². The monoisotopic (exact) mass is 781 g/mol. The number of amides is 4. The quantitative estimate of drug-likeness (QED) is 0.0857. The second kappa shape index (κ2) is 24.0. The third kappa shape index (κ3) is 13.8. The van der Waals surface area contributed by atoms with E-state index in [1.165, 1.54) is 51.0 Å². The molecular weight excluding hydrogens is 718 g/mol. The van der Waals surface area contributed by atoms with Gasteiger partial charge < -0.3 is 52.6 Å². The Balaban J connectivity index is 2.02. The Kier molecular flexibility index (Phi) is 19.6. The fourth-order valence-electron chi connectivity index (χ4n) is 6.73. The number of carbonyl (C=O) groups excluding carboxylic acids is 4. The number of nitrogens with zero attached hydrogens (tertiary/aromatic N) is 1. The first-order valence-electron chi connectivity index (χ1n) is 20.0. The molecule has 0 fully saturated rings. The van der Waals surface area contributed by atoms with Gasteiger partial charge in [-0.3, -0.25) is 19.2 Å². The third-order valence-electron chi connectivity index (χ3n) is 9.79. The normalized spacial score (nSPS) is 17.5. The summed E-state index contributed by atoms with van der Waals surface area (Å²) in [6, 6.07) is 5.28. The van der Waals surface area contributed by atoms with E-state index in [1.54, 1.807) is 36.4 Å². The van der Waals surface area contributed by atoms with Crippen molar-refractivity contribution in [3.63, 3.8) is 0 Å². The highest BCUT2D eigenvalue weighted by Gasteiger charge is 2.36. The van der Waals surface area contributed by atoms with E-state index in [2.05, 4.69) is 22.9 Å². The molecule has 15 nitrogen and oxygen atoms in total. The molecule has 310 valence electrons. The van der Waals surface area contributed by atoms with E-state index in [4.69, 9.17) is 26.7 Å². The van der Waals surface area contributed by atoms with Crippen LogP contribution < -0.4 is 42.6 Å². The Hall–Kier alpha value is -4.73. The number of ether oxygens (including phenoxy) is 2. The molecule has 0 aliphatic carbocycles. The van der Waals surface area contributed by atoms with Gasteiger partial charge in [-0.2, -0.15) is 0 Å². The van der Waals surface area contributed by atoms with E-state index in [0.717, 1.165) is 19.3 Å². The van der Waals surface area contributed by atoms with E-state index in [9.17, 15) is 29.1 Å². The predicted octanol–water partition coefficient (Wildman–Crippen LogP) is 2.91. The van der Waals surface area contributed by atoms with Crippen molar-refractivity contribution in [2.75, 3.05) is 39.9 Å². The Morgan fingerprint density at radius 1 is 0.839 bits per heavy atom. The van der Waals surface area contributed by atoms with Gasteiger partial charge in [0.15, 0.2) is 0 Å². The summed E-state index contributed by atoms with van der Waals surface area (Å²) in [4.78, 5) is 68.5. The number of fused-ring (bicyclic) bond motifs is 5. The molecule has 0 saturated heterocycles. The number of rotatable bonds is 22. The average Bonchev–Trinajstić information content (AvgIpc) is 3.17. The lowest BCUT2D eigenvalue weighted by molar-refractivity contribution is -0.143. The Morgan fingerprint density at radius 2 is 1.43 bits per heavy atom. The highest BCUT2D eigenvalue weighted by Crippen LogP contribution is 2.40. The van der Waals surface area contributed by atoms with Gasteiger partial charge in [0, 0.05) is 44.1 Å². The molecule has 1 aliphatic rings. The van der Waals surface area contributed by atoms with Gasteiger partial charge in [-0.25, -0.2) is 4.79 Å². The van der Waals surface area contributed by atoms with Gasteiger partial charge >= 0.3 is 5.97 Å². The summed E-state index contributed by atoms with van der Waals surface area (Å²) in [5.41, 5.74) is 19.4. The molecular formula is C41H63N7O8. The molecule has 0 spiro atoms. The van der Waals surface area contributed by atoms with E-state index in [-0.39, 0.29) is 58.0 Å². The van der Waals surface area contributed by atoms with Crippen LogP contribution >= 0.6 is 0 Å². The van der Waals surface area contributed by atoms with Gasteiger partial charge in [0.05, 0.1) is 0 Å². The van der Waals surface area contributed by atoms with E-state index < -0.39 is 47.9 Å². The molecule has 0 unspecified atom stereocenters. The summed E-state index contributed by atoms with van der Waals surface area (Å²) >= 11 is 0. The van der Waals surface area contributed by atoms with Crippen LogP contribution in [0.3, 0.4) is 0 Å². The number of carboxylic acids is 1. The third-order valence-corrected chi connectivity index (χ3v) is 9.79. The molecule has 1 aliphatic heterocycles. The van der Waals surface area contributed by atoms with Crippen molar-refractivity contribution >= 4 is 29.6 Å². The zero-order valence-corrected chi connectivity index (χ0v) is 33.3. The van der Waals surface area contributed by atoms with Gasteiger partial charge in [-0.05, 0) is 61.7 Å². The molecule has 4 amide bonds. The number of hydrogen-bond donors (Lipinski definition) is 7. The first kappa shape index (κ1) is 45.7. The van der Waals surface area contributed by atoms with Crippen LogP contribution in [0.4, 0.5) is 0 Å². The topological polar surface area (TPSA) is 241 Å². The Morgan fingerprint density at radius 3 is 2.02 bits per heavy atom. The van der Waals surface area contributed by atoms with E-state index >= 15 is 0 Å². The van der Waals surface area contributed by atoms with Gasteiger partial charge in [0.2, 0.25) is 23.6 Å². The maximum atomic E-state index is 14.3. The lowest BCUT2D eigenvalue weighted by Gasteiger charge is -2.32. The van der Waals surface area contributed by atoms with Crippen molar-refractivity contribution in [3.8, 4) is 22.6 Å². The number of nitrogens with two attached hydrogens (primary N) is 3. The number of aliphatic carboxylic acids is 1. The minimum absolute atomic E-state index is 0.0716. The molecule has 15 heteroatoms. The fraction of sp³-hybridized carbons (Fsp3) is 0.585. The summed E-state index contributed by atoms with van der Waals surface area (Å²) in [5.74, 6) is -2.74. The maximum Gasteiger partial charge on any atom is 0.326 e. The number of nitrogens with one attached hydrogen (secondary N) is 3. The summed E-state index contributed by atoms with van der Waals surface area (Å²) in [6.45, 7) is 4.49. The van der Waals surface area contributed by atoms with Crippen LogP contribution in [0, 0.1) is 0 Å². The van der Waals surface area contributed by atoms with Gasteiger partial charge in [-0.1, -0.05) is 70.4 Å². The summed E-state index contributed by atoms with van der Waals surface area (Å²) in [6.07, 6.45) is 10.2. The van der Waals surface area contributed by atoms with Crippen molar-refractivity contribution in [1.82, 2.24) is 20.9 Å². The lowest BCUT2D eigenvalue weighted by atomic mass is 9.93. The van der Waals surface area contributed by atoms with Crippen LogP contribution in [0.15, 0.2) is 36.4 Å². The van der Waals surface area contributed by atoms with Crippen LogP contribution in [0.1, 0.15) is 102 Å². The second-order valence-electron chi connectivity index (χ2n) is 14.3. The minimum atomic E-state index is -1.33. The number of benzene rings is 2. The highest BCUT2D eigenvalue weighted by molar-refractivity contribution is 5.96. The number of likely N-dealkylation sites (N-methyl/N-ethyl adjacent to an activating group) is 1. The molecule has 4 atom stereocenters. The van der Waals surface area contributed by atoms with Crippen molar-refractivity contribution < 1.29 is 38.6 Å². The van der Waals surface area contributed by atoms with E-state index in [0.29, 0.717) is 40.2 Å². The number of carboxylic acid groups (broad SMARTS) is 1. The molecule has 56 heavy (non-hydrogen) atoms. The van der Waals surface area contributed by atoms with Crippen molar-refractivity contribution in [1.29, 1.82) is 0 Å². The zero-order valence-electron chi connectivity index (χ0n) is 33.3. The fourth-order valence-corrected chi connectivity index (χ4v) is 6.73. The molecule has 3 rings (SSSR count). The SMILES string of the molecule is CCCCCCCCCCCC(=O)N[C@@H](CCN)C(=O)N(C)[C@@H]1C(=O)N[C@@H](C)C(=O)N[C@H](C(=O)O)Cc2ccc(OCCN)c(c2)-c2cc1ccc2OCCN. The molecule has 2 aromatic rings. The Labute approximate surface area is 330 Å². The summed E-state index contributed by atoms with van der Waals surface area (Å²) < 4.78 is 12.0.